The molecule has 2 aromatic heterocycles. The quantitative estimate of drug-likeness (QED) is 0.598. The van der Waals surface area contributed by atoms with Crippen molar-refractivity contribution in [2.45, 2.75) is 24.9 Å². The number of amides is 2. The molecule has 1 aromatic carbocycles. The maximum atomic E-state index is 13.4. The number of likely N-dealkylation sites (tertiary alicyclic amines) is 2. The zero-order valence-corrected chi connectivity index (χ0v) is 17.6. The number of alkyl halides is 2. The average molecular weight is 454 g/mol. The maximum Gasteiger partial charge on any atom is 0.280 e. The van der Waals surface area contributed by atoms with E-state index in [-0.39, 0.29) is 47.9 Å². The Morgan fingerprint density at radius 2 is 1.67 bits per heavy atom. The van der Waals surface area contributed by atoms with Crippen LogP contribution >= 0.6 is 0 Å². The SMILES string of the molecule is Cn1ncc(C(=O)N2C[C@@H]3C[C@H]2CN3C(=O)c2ccc(=O)n(-c3ccccc3)n2)c1C(F)F. The summed E-state index contributed by atoms with van der Waals surface area (Å²) in [5.41, 5.74) is -0.222. The molecule has 2 aliphatic heterocycles. The van der Waals surface area contributed by atoms with Crippen molar-refractivity contribution < 1.29 is 18.4 Å². The van der Waals surface area contributed by atoms with Crippen molar-refractivity contribution in [2.24, 2.45) is 7.05 Å². The number of hydrogen-bond acceptors (Lipinski definition) is 5. The van der Waals surface area contributed by atoms with Crippen LogP contribution in [0.1, 0.15) is 39.4 Å². The van der Waals surface area contributed by atoms with Crippen molar-refractivity contribution >= 4 is 11.8 Å². The molecule has 0 N–H and O–H groups in total. The summed E-state index contributed by atoms with van der Waals surface area (Å²) >= 11 is 0. The van der Waals surface area contributed by atoms with Crippen LogP contribution in [-0.4, -0.2) is 66.3 Å². The second kappa shape index (κ2) is 7.91. The molecule has 0 spiro atoms. The minimum absolute atomic E-state index is 0.116. The summed E-state index contributed by atoms with van der Waals surface area (Å²) in [6, 6.07) is 10.9. The van der Waals surface area contributed by atoms with E-state index in [9.17, 15) is 23.2 Å². The smallest absolute Gasteiger partial charge is 0.280 e. The number of aromatic nitrogens is 4. The third-order valence-corrected chi connectivity index (χ3v) is 6.20. The van der Waals surface area contributed by atoms with E-state index >= 15 is 0 Å². The highest BCUT2D eigenvalue weighted by molar-refractivity contribution is 5.97. The van der Waals surface area contributed by atoms with Crippen LogP contribution in [0.2, 0.25) is 0 Å². The highest BCUT2D eigenvalue weighted by atomic mass is 19.3. The Balaban J connectivity index is 1.35. The first-order valence-corrected chi connectivity index (χ1v) is 10.4. The lowest BCUT2D eigenvalue weighted by atomic mass is 10.2. The Morgan fingerprint density at radius 3 is 2.30 bits per heavy atom. The molecule has 33 heavy (non-hydrogen) atoms. The van der Waals surface area contributed by atoms with Gasteiger partial charge in [-0.3, -0.25) is 19.1 Å². The number of halogens is 2. The molecule has 0 aliphatic carbocycles. The van der Waals surface area contributed by atoms with Crippen LogP contribution in [0.3, 0.4) is 0 Å². The summed E-state index contributed by atoms with van der Waals surface area (Å²) in [5, 5.41) is 8.05. The van der Waals surface area contributed by atoms with Gasteiger partial charge in [0.1, 0.15) is 11.4 Å². The summed E-state index contributed by atoms with van der Waals surface area (Å²) in [6.07, 6.45) is -1.10. The monoisotopic (exact) mass is 454 g/mol. The fraction of sp³-hybridized carbons (Fsp3) is 0.318. The van der Waals surface area contributed by atoms with E-state index in [0.717, 1.165) is 10.9 Å². The fourth-order valence-corrected chi connectivity index (χ4v) is 4.62. The van der Waals surface area contributed by atoms with Crippen molar-refractivity contribution in [3.8, 4) is 5.69 Å². The fourth-order valence-electron chi connectivity index (χ4n) is 4.62. The van der Waals surface area contributed by atoms with Gasteiger partial charge in [-0.2, -0.15) is 14.9 Å². The first kappa shape index (κ1) is 21.0. The number of carbonyl (C=O) groups is 2. The van der Waals surface area contributed by atoms with Crippen molar-refractivity contribution in [2.75, 3.05) is 13.1 Å². The summed E-state index contributed by atoms with van der Waals surface area (Å²) in [4.78, 5) is 41.5. The summed E-state index contributed by atoms with van der Waals surface area (Å²) in [6.45, 7) is 0.511. The van der Waals surface area contributed by atoms with Gasteiger partial charge in [-0.05, 0) is 24.6 Å². The van der Waals surface area contributed by atoms with E-state index in [1.807, 2.05) is 6.07 Å². The molecule has 0 unspecified atom stereocenters. The van der Waals surface area contributed by atoms with E-state index in [0.29, 0.717) is 12.1 Å². The van der Waals surface area contributed by atoms with Crippen LogP contribution in [0.5, 0.6) is 0 Å². The predicted molar refractivity (Wildman–Crippen MR) is 112 cm³/mol. The van der Waals surface area contributed by atoms with Gasteiger partial charge in [0, 0.05) is 26.2 Å². The first-order chi connectivity index (χ1) is 15.8. The minimum atomic E-state index is -2.82. The van der Waals surface area contributed by atoms with Crippen LogP contribution in [0.25, 0.3) is 5.69 Å². The standard InChI is InChI=1S/C22H20F2N6O3/c1-27-19(20(23)24)16(10-25-27)21(32)28-11-15-9-14(28)12-29(15)22(33)17-7-8-18(31)30(26-17)13-5-3-2-4-6-13/h2-8,10,14-15,20H,9,11-12H2,1H3/t14-,15-/m0/s1. The van der Waals surface area contributed by atoms with Gasteiger partial charge in [-0.1, -0.05) is 18.2 Å². The molecule has 0 saturated carbocycles. The van der Waals surface area contributed by atoms with Crippen molar-refractivity contribution in [1.82, 2.24) is 29.4 Å². The van der Waals surface area contributed by atoms with E-state index in [1.165, 1.54) is 28.8 Å². The van der Waals surface area contributed by atoms with Crippen molar-refractivity contribution in [3.63, 3.8) is 0 Å². The van der Waals surface area contributed by atoms with E-state index < -0.39 is 18.0 Å². The molecule has 2 bridgehead atoms. The Kier molecular flexibility index (Phi) is 5.03. The molecule has 2 fully saturated rings. The molecule has 170 valence electrons. The highest BCUT2D eigenvalue weighted by Crippen LogP contribution is 2.34. The van der Waals surface area contributed by atoms with Gasteiger partial charge in [-0.15, -0.1) is 0 Å². The Bertz CT molecular complexity index is 1290. The third-order valence-electron chi connectivity index (χ3n) is 6.20. The molecule has 3 aromatic rings. The molecule has 2 aliphatic rings. The van der Waals surface area contributed by atoms with E-state index in [1.54, 1.807) is 29.2 Å². The average Bonchev–Trinajstić information content (AvgIpc) is 3.53. The second-order valence-electron chi connectivity index (χ2n) is 8.13. The topological polar surface area (TPSA) is 93.3 Å². The van der Waals surface area contributed by atoms with Crippen LogP contribution in [0, 0.1) is 0 Å². The van der Waals surface area contributed by atoms with Gasteiger partial charge in [0.25, 0.3) is 23.8 Å². The minimum Gasteiger partial charge on any atom is -0.332 e. The number of aryl methyl sites for hydroxylation is 1. The van der Waals surface area contributed by atoms with E-state index in [4.69, 9.17) is 0 Å². The number of hydrogen-bond donors (Lipinski definition) is 0. The van der Waals surface area contributed by atoms with Gasteiger partial charge in [0.15, 0.2) is 0 Å². The van der Waals surface area contributed by atoms with Crippen LogP contribution in [0.15, 0.2) is 53.5 Å². The lowest BCUT2D eigenvalue weighted by molar-refractivity contribution is 0.0517. The second-order valence-corrected chi connectivity index (χ2v) is 8.13. The molecular formula is C22H20F2N6O3. The summed E-state index contributed by atoms with van der Waals surface area (Å²) in [5.74, 6) is -0.845. The number of benzene rings is 1. The highest BCUT2D eigenvalue weighted by Gasteiger charge is 2.48. The number of carbonyl (C=O) groups excluding carboxylic acids is 2. The zero-order valence-electron chi connectivity index (χ0n) is 17.6. The molecule has 9 nitrogen and oxygen atoms in total. The lowest BCUT2D eigenvalue weighted by Crippen LogP contribution is -2.51. The predicted octanol–water partition coefficient (Wildman–Crippen LogP) is 1.64. The third kappa shape index (κ3) is 3.49. The molecule has 2 saturated heterocycles. The normalized spacial score (nSPS) is 19.5. The Hall–Kier alpha value is -3.89. The molecule has 11 heteroatoms. The van der Waals surface area contributed by atoms with Crippen LogP contribution in [0.4, 0.5) is 8.78 Å². The van der Waals surface area contributed by atoms with Crippen molar-refractivity contribution in [1.29, 1.82) is 0 Å². The molecule has 4 heterocycles. The van der Waals surface area contributed by atoms with Crippen molar-refractivity contribution in [3.05, 3.63) is 76.0 Å². The molecule has 5 rings (SSSR count). The summed E-state index contributed by atoms with van der Waals surface area (Å²) < 4.78 is 28.9. The van der Waals surface area contributed by atoms with Gasteiger partial charge in [-0.25, -0.2) is 8.78 Å². The van der Waals surface area contributed by atoms with E-state index in [2.05, 4.69) is 10.2 Å². The maximum absolute atomic E-state index is 13.4. The molecule has 2 atom stereocenters. The Labute approximate surface area is 186 Å². The number of para-hydroxylation sites is 1. The number of piperazine rings is 1. The van der Waals surface area contributed by atoms with Crippen LogP contribution < -0.4 is 5.56 Å². The molecular weight excluding hydrogens is 434 g/mol. The van der Waals surface area contributed by atoms with Gasteiger partial charge < -0.3 is 9.80 Å². The molecule has 2 amide bonds. The molecule has 0 radical (unpaired) electrons. The largest absolute Gasteiger partial charge is 0.332 e. The summed E-state index contributed by atoms with van der Waals surface area (Å²) in [7, 11) is 1.37. The number of nitrogens with zero attached hydrogens (tertiary/aromatic N) is 6. The lowest BCUT2D eigenvalue weighted by Gasteiger charge is -2.34. The zero-order chi connectivity index (χ0) is 23.3. The van der Waals surface area contributed by atoms with Gasteiger partial charge in [0.2, 0.25) is 0 Å². The number of fused-ring (bicyclic) bond motifs is 2. The van der Waals surface area contributed by atoms with Gasteiger partial charge in [0.05, 0.1) is 29.5 Å². The van der Waals surface area contributed by atoms with Gasteiger partial charge >= 0.3 is 0 Å². The number of rotatable bonds is 4. The first-order valence-electron chi connectivity index (χ1n) is 10.4. The Morgan fingerprint density at radius 1 is 1.00 bits per heavy atom. The van der Waals surface area contributed by atoms with Crippen LogP contribution in [-0.2, 0) is 7.05 Å².